The number of unbranched alkanes of at least 4 members (excludes halogenated alkanes) is 1. The molecule has 0 saturated heterocycles. The summed E-state index contributed by atoms with van der Waals surface area (Å²) in [6.45, 7) is 2.44. The number of hydrogen-bond donors (Lipinski definition) is 0. The zero-order chi connectivity index (χ0) is 18.3. The van der Waals surface area contributed by atoms with Gasteiger partial charge in [-0.15, -0.1) is 0 Å². The molecule has 0 bridgehead atoms. The molecule has 0 fully saturated rings. The lowest BCUT2D eigenvalue weighted by atomic mass is 10.3. The van der Waals surface area contributed by atoms with Crippen molar-refractivity contribution in [2.45, 2.75) is 45.3 Å². The highest BCUT2D eigenvalue weighted by Crippen LogP contribution is 2.14. The first-order valence-electron chi connectivity index (χ1n) is 7.93. The van der Waals surface area contributed by atoms with E-state index in [4.69, 9.17) is 13.3 Å². The first-order valence-corrected chi connectivity index (χ1v) is 9.86. The summed E-state index contributed by atoms with van der Waals surface area (Å²) in [7, 11) is 3.15. The summed E-state index contributed by atoms with van der Waals surface area (Å²) in [6.07, 6.45) is 2.00. The molecule has 0 aliphatic heterocycles. The normalized spacial score (nSPS) is 11.9. The molecule has 0 aliphatic carbocycles. The molecule has 24 heavy (non-hydrogen) atoms. The van der Waals surface area contributed by atoms with Gasteiger partial charge in [0.25, 0.3) is 0 Å². The Hall–Kier alpha value is -1.49. The average Bonchev–Trinajstić information content (AvgIpc) is 2.60. The van der Waals surface area contributed by atoms with Gasteiger partial charge in [-0.25, -0.2) is 28.1 Å². The van der Waals surface area contributed by atoms with E-state index < -0.39 is 25.9 Å². The van der Waals surface area contributed by atoms with Gasteiger partial charge in [0, 0.05) is 47.5 Å². The molecular formula is C14H27N3O6Si. The van der Waals surface area contributed by atoms with Crippen LogP contribution in [0.25, 0.3) is 0 Å². The molecule has 0 atom stereocenters. The van der Waals surface area contributed by atoms with Crippen LogP contribution in [0.5, 0.6) is 0 Å². The summed E-state index contributed by atoms with van der Waals surface area (Å²) in [5.74, 6) is 0. The maximum Gasteiger partial charge on any atom is 0.500 e. The predicted octanol–water partition coefficient (Wildman–Crippen LogP) is -0.223. The SMILES string of the molecule is CCCCn1c(=O)n(C)c(=O)n(CCC[Si](OC)(OC)OC)c1=O. The van der Waals surface area contributed by atoms with Gasteiger partial charge in [-0.1, -0.05) is 13.3 Å². The third-order valence-corrected chi connectivity index (χ3v) is 6.86. The van der Waals surface area contributed by atoms with Gasteiger partial charge in [-0.2, -0.15) is 0 Å². The van der Waals surface area contributed by atoms with Crippen molar-refractivity contribution in [3.63, 3.8) is 0 Å². The van der Waals surface area contributed by atoms with Crippen molar-refractivity contribution in [2.75, 3.05) is 21.3 Å². The highest BCUT2D eigenvalue weighted by atomic mass is 28.4. The van der Waals surface area contributed by atoms with Gasteiger partial charge >= 0.3 is 25.9 Å². The number of rotatable bonds is 10. The fraction of sp³-hybridized carbons (Fsp3) is 0.786. The second-order valence-electron chi connectivity index (χ2n) is 5.46. The van der Waals surface area contributed by atoms with Crippen LogP contribution in [0.1, 0.15) is 26.2 Å². The second kappa shape index (κ2) is 9.11. The van der Waals surface area contributed by atoms with Crippen LogP contribution < -0.4 is 17.1 Å². The molecule has 0 spiro atoms. The summed E-state index contributed by atoms with van der Waals surface area (Å²) in [5.41, 5.74) is -1.77. The van der Waals surface area contributed by atoms with E-state index >= 15 is 0 Å². The van der Waals surface area contributed by atoms with Crippen LogP contribution in [0, 0.1) is 0 Å². The second-order valence-corrected chi connectivity index (χ2v) is 8.55. The summed E-state index contributed by atoms with van der Waals surface area (Å²) >= 11 is 0. The minimum Gasteiger partial charge on any atom is -0.377 e. The molecule has 1 heterocycles. The van der Waals surface area contributed by atoms with E-state index in [9.17, 15) is 14.4 Å². The fourth-order valence-corrected chi connectivity index (χ4v) is 4.17. The van der Waals surface area contributed by atoms with Crippen LogP contribution >= 0.6 is 0 Å². The van der Waals surface area contributed by atoms with Crippen LogP contribution in [0.3, 0.4) is 0 Å². The largest absolute Gasteiger partial charge is 0.500 e. The van der Waals surface area contributed by atoms with E-state index in [0.717, 1.165) is 20.1 Å². The van der Waals surface area contributed by atoms with Crippen molar-refractivity contribution in [3.05, 3.63) is 31.5 Å². The zero-order valence-electron chi connectivity index (χ0n) is 15.0. The van der Waals surface area contributed by atoms with E-state index in [1.807, 2.05) is 6.92 Å². The number of nitrogens with zero attached hydrogens (tertiary/aromatic N) is 3. The van der Waals surface area contributed by atoms with Crippen molar-refractivity contribution < 1.29 is 13.3 Å². The lowest BCUT2D eigenvalue weighted by molar-refractivity contribution is 0.122. The van der Waals surface area contributed by atoms with E-state index in [1.165, 1.54) is 28.4 Å². The first kappa shape index (κ1) is 20.6. The third kappa shape index (κ3) is 4.32. The maximum atomic E-state index is 12.5. The van der Waals surface area contributed by atoms with Crippen molar-refractivity contribution in [3.8, 4) is 0 Å². The number of hydrogen-bond acceptors (Lipinski definition) is 6. The molecular weight excluding hydrogens is 334 g/mol. The topological polar surface area (TPSA) is 93.7 Å². The molecule has 0 aliphatic rings. The number of aromatic nitrogens is 3. The van der Waals surface area contributed by atoms with Gasteiger partial charge in [0.1, 0.15) is 0 Å². The lowest BCUT2D eigenvalue weighted by Crippen LogP contribution is -2.54. The van der Waals surface area contributed by atoms with Crippen LogP contribution in [0.15, 0.2) is 14.4 Å². The smallest absolute Gasteiger partial charge is 0.377 e. The van der Waals surface area contributed by atoms with E-state index in [-0.39, 0.29) is 6.54 Å². The van der Waals surface area contributed by atoms with Crippen LogP contribution in [-0.4, -0.2) is 43.8 Å². The molecule has 1 rings (SSSR count). The lowest BCUT2D eigenvalue weighted by Gasteiger charge is -2.24. The molecule has 0 aromatic carbocycles. The molecule has 1 aromatic heterocycles. The van der Waals surface area contributed by atoms with Crippen molar-refractivity contribution in [2.24, 2.45) is 7.05 Å². The quantitative estimate of drug-likeness (QED) is 0.535. The minimum absolute atomic E-state index is 0.169. The Morgan fingerprint density at radius 3 is 1.71 bits per heavy atom. The third-order valence-electron chi connectivity index (χ3n) is 4.03. The van der Waals surface area contributed by atoms with Gasteiger partial charge in [0.2, 0.25) is 0 Å². The van der Waals surface area contributed by atoms with Crippen LogP contribution in [0.2, 0.25) is 6.04 Å². The van der Waals surface area contributed by atoms with Gasteiger partial charge in [-0.3, -0.25) is 0 Å². The maximum absolute atomic E-state index is 12.5. The van der Waals surface area contributed by atoms with E-state index in [2.05, 4.69) is 0 Å². The van der Waals surface area contributed by atoms with Gasteiger partial charge < -0.3 is 13.3 Å². The Balaban J connectivity index is 3.08. The minimum atomic E-state index is -2.76. The summed E-state index contributed by atoms with van der Waals surface area (Å²) < 4.78 is 19.1. The Labute approximate surface area is 141 Å². The van der Waals surface area contributed by atoms with Gasteiger partial charge in [-0.05, 0) is 12.8 Å². The standard InChI is InChI=1S/C14H27N3O6Si/c1-6-7-9-16-12(18)15(2)13(19)17(14(16)20)10-8-11-24(21-3,22-4)23-5/h6-11H2,1-5H3. The molecule has 9 nitrogen and oxygen atoms in total. The van der Waals surface area contributed by atoms with Gasteiger partial charge in [0.05, 0.1) is 0 Å². The van der Waals surface area contributed by atoms with Crippen molar-refractivity contribution in [1.29, 1.82) is 0 Å². The Kier molecular flexibility index (Phi) is 7.80. The fourth-order valence-electron chi connectivity index (χ4n) is 2.46. The van der Waals surface area contributed by atoms with E-state index in [1.54, 1.807) is 0 Å². The summed E-state index contributed by atoms with van der Waals surface area (Å²) in [6, 6.07) is 0.459. The summed E-state index contributed by atoms with van der Waals surface area (Å²) in [4.78, 5) is 36.8. The first-order chi connectivity index (χ1) is 11.4. The highest BCUT2D eigenvalue weighted by Gasteiger charge is 2.37. The Morgan fingerprint density at radius 2 is 1.29 bits per heavy atom. The molecule has 138 valence electrons. The Morgan fingerprint density at radius 1 is 0.833 bits per heavy atom. The monoisotopic (exact) mass is 361 g/mol. The molecule has 0 saturated carbocycles. The predicted molar refractivity (Wildman–Crippen MR) is 91.3 cm³/mol. The molecule has 0 radical (unpaired) electrons. The van der Waals surface area contributed by atoms with Gasteiger partial charge in [0.15, 0.2) is 0 Å². The summed E-state index contributed by atoms with van der Waals surface area (Å²) in [5, 5.41) is 0. The molecule has 1 aromatic rings. The molecule has 0 amide bonds. The molecule has 10 heteroatoms. The van der Waals surface area contributed by atoms with Crippen LogP contribution in [-0.2, 0) is 33.4 Å². The average molecular weight is 361 g/mol. The highest BCUT2D eigenvalue weighted by molar-refractivity contribution is 6.60. The molecule has 0 unspecified atom stereocenters. The van der Waals surface area contributed by atoms with E-state index in [0.29, 0.717) is 25.4 Å². The van der Waals surface area contributed by atoms with Crippen molar-refractivity contribution >= 4 is 8.80 Å². The van der Waals surface area contributed by atoms with Crippen LogP contribution in [0.4, 0.5) is 0 Å². The Bertz CT molecular complexity index is 696. The molecule has 0 N–H and O–H groups in total. The van der Waals surface area contributed by atoms with Crippen molar-refractivity contribution in [1.82, 2.24) is 13.7 Å². The zero-order valence-corrected chi connectivity index (χ0v) is 16.0.